The minimum absolute atomic E-state index is 0.150. The zero-order valence-corrected chi connectivity index (χ0v) is 20.0. The molecule has 1 N–H and O–H groups in total. The average molecular weight is 479 g/mol. The zero-order valence-electron chi connectivity index (χ0n) is 17.5. The van der Waals surface area contributed by atoms with Crippen LogP contribution in [0.25, 0.3) is 10.2 Å². The van der Waals surface area contributed by atoms with Gasteiger partial charge in [-0.15, -0.1) is 22.7 Å². The molecule has 4 rings (SSSR count). The number of nitrogens with zero attached hydrogens (tertiary/aromatic N) is 3. The number of carbonyl (C=O) groups excluding carboxylic acids is 1. The molecule has 0 aliphatic carbocycles. The number of carbonyl (C=O) groups is 1. The number of para-hydroxylation sites is 1. The number of amides is 1. The molecule has 2 aromatic heterocycles. The van der Waals surface area contributed by atoms with Gasteiger partial charge in [0.05, 0.1) is 16.8 Å². The number of hydrogen-bond acceptors (Lipinski definition) is 7. The lowest BCUT2D eigenvalue weighted by Crippen LogP contribution is -2.56. The molecule has 1 saturated heterocycles. The standard InChI is InChI=1S/C21H26N4O3S3/c1-15(2)20(23-31(27,28)19-8-5-13-29-19)21(26)25-11-9-24(10-12-25)14-18-22-16-6-3-4-7-17(16)30-18/h3-8,13,15,20,23H,9-12,14H2,1-2H3/t20-/m1/s1. The van der Waals surface area contributed by atoms with Crippen molar-refractivity contribution in [3.63, 3.8) is 0 Å². The fourth-order valence-electron chi connectivity index (χ4n) is 3.62. The van der Waals surface area contributed by atoms with Crippen molar-refractivity contribution in [1.82, 2.24) is 19.5 Å². The fraction of sp³-hybridized carbons (Fsp3) is 0.429. The Morgan fingerprint density at radius 3 is 2.52 bits per heavy atom. The van der Waals surface area contributed by atoms with E-state index in [0.717, 1.165) is 41.5 Å². The van der Waals surface area contributed by atoms with Crippen LogP contribution in [0.15, 0.2) is 46.0 Å². The van der Waals surface area contributed by atoms with Gasteiger partial charge in [-0.1, -0.05) is 32.0 Å². The largest absolute Gasteiger partial charge is 0.339 e. The number of benzene rings is 1. The highest BCUT2D eigenvalue weighted by atomic mass is 32.2. The third kappa shape index (κ3) is 5.15. The third-order valence-electron chi connectivity index (χ3n) is 5.36. The molecule has 1 aliphatic rings. The number of nitrogens with one attached hydrogen (secondary N) is 1. The van der Waals surface area contributed by atoms with Gasteiger partial charge in [-0.05, 0) is 29.5 Å². The van der Waals surface area contributed by atoms with E-state index >= 15 is 0 Å². The quantitative estimate of drug-likeness (QED) is 0.565. The molecule has 31 heavy (non-hydrogen) atoms. The molecule has 3 aromatic rings. The number of rotatable bonds is 7. The Morgan fingerprint density at radius 1 is 1.13 bits per heavy atom. The van der Waals surface area contributed by atoms with Crippen LogP contribution in [0.4, 0.5) is 0 Å². The zero-order chi connectivity index (χ0) is 22.0. The second-order valence-electron chi connectivity index (χ2n) is 7.95. The lowest BCUT2D eigenvalue weighted by Gasteiger charge is -2.36. The normalized spacial score (nSPS) is 16.8. The molecule has 0 spiro atoms. The Morgan fingerprint density at radius 2 is 1.87 bits per heavy atom. The van der Waals surface area contributed by atoms with Gasteiger partial charge >= 0.3 is 0 Å². The second kappa shape index (κ2) is 9.33. The van der Waals surface area contributed by atoms with Crippen LogP contribution >= 0.6 is 22.7 Å². The molecule has 1 fully saturated rings. The van der Waals surface area contributed by atoms with E-state index in [0.29, 0.717) is 13.1 Å². The Balaban J connectivity index is 1.36. The summed E-state index contributed by atoms with van der Waals surface area (Å²) in [7, 11) is -3.71. The second-order valence-corrected chi connectivity index (χ2v) is 12.0. The molecule has 1 amide bonds. The van der Waals surface area contributed by atoms with Crippen molar-refractivity contribution in [2.75, 3.05) is 26.2 Å². The molecule has 0 bridgehead atoms. The van der Waals surface area contributed by atoms with E-state index in [2.05, 4.69) is 15.7 Å². The van der Waals surface area contributed by atoms with Crippen molar-refractivity contribution in [3.05, 3.63) is 46.8 Å². The number of thiophene rings is 1. The molecule has 0 unspecified atom stereocenters. The van der Waals surface area contributed by atoms with Crippen molar-refractivity contribution in [2.24, 2.45) is 5.92 Å². The molecule has 3 heterocycles. The van der Waals surface area contributed by atoms with Crippen LogP contribution in [0, 0.1) is 5.92 Å². The van der Waals surface area contributed by atoms with Crippen LogP contribution in [-0.4, -0.2) is 61.3 Å². The highest BCUT2D eigenvalue weighted by molar-refractivity contribution is 7.91. The fourth-order valence-corrected chi connectivity index (χ4v) is 6.97. The molecule has 7 nitrogen and oxygen atoms in total. The maximum atomic E-state index is 13.1. The van der Waals surface area contributed by atoms with E-state index in [4.69, 9.17) is 4.98 Å². The first-order valence-corrected chi connectivity index (χ1v) is 13.4. The smallest absolute Gasteiger partial charge is 0.250 e. The van der Waals surface area contributed by atoms with E-state index in [1.807, 2.05) is 32.0 Å². The van der Waals surface area contributed by atoms with Crippen LogP contribution in [0.3, 0.4) is 0 Å². The van der Waals surface area contributed by atoms with Gasteiger partial charge in [0, 0.05) is 26.2 Å². The number of fused-ring (bicyclic) bond motifs is 1. The van der Waals surface area contributed by atoms with Crippen LogP contribution in [0.2, 0.25) is 0 Å². The number of piperazine rings is 1. The third-order valence-corrected chi connectivity index (χ3v) is 9.22. The van der Waals surface area contributed by atoms with Crippen molar-refractivity contribution >= 4 is 48.8 Å². The minimum atomic E-state index is -3.71. The minimum Gasteiger partial charge on any atom is -0.339 e. The molecular formula is C21H26N4O3S3. The first kappa shape index (κ1) is 22.3. The van der Waals surface area contributed by atoms with E-state index in [-0.39, 0.29) is 16.0 Å². The molecule has 0 saturated carbocycles. The molecule has 1 aliphatic heterocycles. The van der Waals surface area contributed by atoms with Gasteiger partial charge in [0.2, 0.25) is 5.91 Å². The Bertz CT molecular complexity index is 1100. The lowest BCUT2D eigenvalue weighted by atomic mass is 10.0. The van der Waals surface area contributed by atoms with Crippen molar-refractivity contribution < 1.29 is 13.2 Å². The molecular weight excluding hydrogens is 452 g/mol. The van der Waals surface area contributed by atoms with Crippen LogP contribution in [-0.2, 0) is 21.4 Å². The monoisotopic (exact) mass is 478 g/mol. The molecule has 1 aromatic carbocycles. The number of thiazole rings is 1. The Kier molecular flexibility index (Phi) is 6.73. The van der Waals surface area contributed by atoms with E-state index in [9.17, 15) is 13.2 Å². The molecule has 0 radical (unpaired) electrons. The van der Waals surface area contributed by atoms with Gasteiger partial charge < -0.3 is 4.90 Å². The predicted molar refractivity (Wildman–Crippen MR) is 125 cm³/mol. The Hall–Kier alpha value is -1.85. The predicted octanol–water partition coefficient (Wildman–Crippen LogP) is 3.01. The maximum Gasteiger partial charge on any atom is 0.250 e. The summed E-state index contributed by atoms with van der Waals surface area (Å²) < 4.78 is 29.3. The summed E-state index contributed by atoms with van der Waals surface area (Å²) >= 11 is 2.85. The summed E-state index contributed by atoms with van der Waals surface area (Å²) in [5.74, 6) is -0.308. The molecule has 166 valence electrons. The molecule has 1 atom stereocenters. The SMILES string of the molecule is CC(C)[C@@H](NS(=O)(=O)c1cccs1)C(=O)N1CCN(Cc2nc3ccccc3s2)CC1. The average Bonchev–Trinajstić information content (AvgIpc) is 3.42. The highest BCUT2D eigenvalue weighted by Crippen LogP contribution is 2.23. The number of sulfonamides is 1. The van der Waals surface area contributed by atoms with Gasteiger partial charge in [0.15, 0.2) is 0 Å². The number of hydrogen-bond donors (Lipinski definition) is 1. The Labute approximate surface area is 190 Å². The van der Waals surface area contributed by atoms with Crippen LogP contribution < -0.4 is 4.72 Å². The van der Waals surface area contributed by atoms with Crippen molar-refractivity contribution in [2.45, 2.75) is 30.6 Å². The van der Waals surface area contributed by atoms with Crippen LogP contribution in [0.5, 0.6) is 0 Å². The summed E-state index contributed by atoms with van der Waals surface area (Å²) in [6.07, 6.45) is 0. The summed E-state index contributed by atoms with van der Waals surface area (Å²) in [4.78, 5) is 21.9. The van der Waals surface area contributed by atoms with Crippen molar-refractivity contribution in [3.8, 4) is 0 Å². The summed E-state index contributed by atoms with van der Waals surface area (Å²) in [5, 5.41) is 2.79. The van der Waals surface area contributed by atoms with Gasteiger partial charge in [-0.25, -0.2) is 13.4 Å². The summed E-state index contributed by atoms with van der Waals surface area (Å²) in [5.41, 5.74) is 1.02. The topological polar surface area (TPSA) is 82.6 Å². The molecule has 10 heteroatoms. The highest BCUT2D eigenvalue weighted by Gasteiger charge is 2.33. The summed E-state index contributed by atoms with van der Waals surface area (Å²) in [6, 6.07) is 10.6. The first-order valence-electron chi connectivity index (χ1n) is 10.2. The first-order chi connectivity index (χ1) is 14.8. The van der Waals surface area contributed by atoms with Gasteiger partial charge in [-0.2, -0.15) is 4.72 Å². The van der Waals surface area contributed by atoms with Gasteiger partial charge in [0.25, 0.3) is 10.0 Å². The summed E-state index contributed by atoms with van der Waals surface area (Å²) in [6.45, 7) is 7.13. The van der Waals surface area contributed by atoms with Crippen LogP contribution in [0.1, 0.15) is 18.9 Å². The maximum absolute atomic E-state index is 13.1. The van der Waals surface area contributed by atoms with Gasteiger partial charge in [-0.3, -0.25) is 9.69 Å². The lowest BCUT2D eigenvalue weighted by molar-refractivity contribution is -0.135. The van der Waals surface area contributed by atoms with Gasteiger partial charge in [0.1, 0.15) is 15.3 Å². The van der Waals surface area contributed by atoms with E-state index < -0.39 is 16.1 Å². The van der Waals surface area contributed by atoms with Crippen molar-refractivity contribution in [1.29, 1.82) is 0 Å². The number of aromatic nitrogens is 1. The van der Waals surface area contributed by atoms with E-state index in [1.165, 1.54) is 4.70 Å². The van der Waals surface area contributed by atoms with E-state index in [1.54, 1.807) is 33.7 Å².